The van der Waals surface area contributed by atoms with Crippen LogP contribution < -0.4 is 0 Å². The van der Waals surface area contributed by atoms with Crippen LogP contribution in [0.4, 0.5) is 0 Å². The summed E-state index contributed by atoms with van der Waals surface area (Å²) < 4.78 is 2.56. The standard InChI is InChI=1S/C12H15N/c1-9-10-5-2-3-6-12(10)13-8-4-7-11(9)13/h2,5H,3-4,6-8H2,1H3. The van der Waals surface area contributed by atoms with Gasteiger partial charge in [0, 0.05) is 17.9 Å². The Bertz CT molecular complexity index is 382. The summed E-state index contributed by atoms with van der Waals surface area (Å²) in [6, 6.07) is 0. The Labute approximate surface area is 79.1 Å². The van der Waals surface area contributed by atoms with Gasteiger partial charge in [-0.05, 0) is 43.7 Å². The van der Waals surface area contributed by atoms with E-state index in [1.165, 1.54) is 37.8 Å². The molecule has 2 heterocycles. The van der Waals surface area contributed by atoms with E-state index in [0.717, 1.165) is 0 Å². The molecule has 3 rings (SSSR count). The number of aromatic nitrogens is 1. The molecule has 0 spiro atoms. The first kappa shape index (κ1) is 7.43. The Morgan fingerprint density at radius 3 is 3.08 bits per heavy atom. The molecule has 13 heavy (non-hydrogen) atoms. The van der Waals surface area contributed by atoms with Crippen molar-refractivity contribution in [1.29, 1.82) is 0 Å². The van der Waals surface area contributed by atoms with Crippen LogP contribution in [0.5, 0.6) is 0 Å². The summed E-state index contributed by atoms with van der Waals surface area (Å²) in [7, 11) is 0. The first-order valence-electron chi connectivity index (χ1n) is 5.25. The predicted octanol–water partition coefficient (Wildman–Crippen LogP) is 2.70. The summed E-state index contributed by atoms with van der Waals surface area (Å²) in [5, 5.41) is 0. The molecule has 2 aliphatic rings. The van der Waals surface area contributed by atoms with E-state index in [0.29, 0.717) is 0 Å². The van der Waals surface area contributed by atoms with Crippen LogP contribution in [0.15, 0.2) is 6.08 Å². The topological polar surface area (TPSA) is 4.93 Å². The number of fused-ring (bicyclic) bond motifs is 3. The molecule has 0 fully saturated rings. The lowest BCUT2D eigenvalue weighted by Gasteiger charge is -2.09. The van der Waals surface area contributed by atoms with Gasteiger partial charge in [-0.3, -0.25) is 0 Å². The van der Waals surface area contributed by atoms with Gasteiger partial charge >= 0.3 is 0 Å². The Hall–Kier alpha value is -0.980. The van der Waals surface area contributed by atoms with Gasteiger partial charge in [-0.2, -0.15) is 0 Å². The van der Waals surface area contributed by atoms with Crippen LogP contribution in [0.3, 0.4) is 0 Å². The smallest absolute Gasteiger partial charge is 0.0255 e. The minimum atomic E-state index is 1.23. The molecule has 0 atom stereocenters. The summed E-state index contributed by atoms with van der Waals surface area (Å²) in [6.45, 7) is 3.55. The summed E-state index contributed by atoms with van der Waals surface area (Å²) in [5.41, 5.74) is 6.29. The zero-order valence-electron chi connectivity index (χ0n) is 8.14. The molecule has 1 aliphatic carbocycles. The maximum Gasteiger partial charge on any atom is 0.0255 e. The molecule has 0 saturated heterocycles. The molecule has 1 aromatic rings. The highest BCUT2D eigenvalue weighted by atomic mass is 15.0. The highest BCUT2D eigenvalue weighted by Gasteiger charge is 2.22. The van der Waals surface area contributed by atoms with Gasteiger partial charge in [0.05, 0.1) is 0 Å². The molecule has 0 aromatic carbocycles. The molecule has 0 radical (unpaired) electrons. The summed E-state index contributed by atoms with van der Waals surface area (Å²) >= 11 is 0. The SMILES string of the molecule is Cc1c2c(n3c1CCC3)CCC=C2. The zero-order valence-corrected chi connectivity index (χ0v) is 8.14. The molecule has 0 bridgehead atoms. The van der Waals surface area contributed by atoms with Crippen molar-refractivity contribution in [3.05, 3.63) is 28.6 Å². The van der Waals surface area contributed by atoms with Gasteiger partial charge in [0.2, 0.25) is 0 Å². The lowest BCUT2D eigenvalue weighted by molar-refractivity contribution is 0.699. The predicted molar refractivity (Wildman–Crippen MR) is 54.8 cm³/mol. The quantitative estimate of drug-likeness (QED) is 0.568. The van der Waals surface area contributed by atoms with E-state index in [9.17, 15) is 0 Å². The number of nitrogens with zero attached hydrogens (tertiary/aromatic N) is 1. The van der Waals surface area contributed by atoms with E-state index in [4.69, 9.17) is 0 Å². The van der Waals surface area contributed by atoms with Crippen molar-refractivity contribution >= 4 is 6.08 Å². The second-order valence-electron chi connectivity index (χ2n) is 4.13. The average Bonchev–Trinajstić information content (AvgIpc) is 2.72. The van der Waals surface area contributed by atoms with Gasteiger partial charge in [-0.1, -0.05) is 12.2 Å². The maximum absolute atomic E-state index is 2.56. The molecule has 0 unspecified atom stereocenters. The highest BCUT2D eigenvalue weighted by Crippen LogP contribution is 2.32. The van der Waals surface area contributed by atoms with Crippen molar-refractivity contribution in [2.75, 3.05) is 0 Å². The minimum absolute atomic E-state index is 1.23. The van der Waals surface area contributed by atoms with Crippen LogP contribution in [0, 0.1) is 6.92 Å². The van der Waals surface area contributed by atoms with Crippen LogP contribution in [0.25, 0.3) is 6.08 Å². The number of allylic oxidation sites excluding steroid dienone is 1. The van der Waals surface area contributed by atoms with Crippen LogP contribution in [-0.2, 0) is 19.4 Å². The van der Waals surface area contributed by atoms with Crippen LogP contribution >= 0.6 is 0 Å². The minimum Gasteiger partial charge on any atom is -0.348 e. The van der Waals surface area contributed by atoms with E-state index in [1.54, 1.807) is 17.0 Å². The van der Waals surface area contributed by atoms with Crippen LogP contribution in [-0.4, -0.2) is 4.57 Å². The van der Waals surface area contributed by atoms with Gasteiger partial charge in [0.25, 0.3) is 0 Å². The first-order valence-corrected chi connectivity index (χ1v) is 5.25. The third kappa shape index (κ3) is 0.874. The summed E-state index contributed by atoms with van der Waals surface area (Å²) in [4.78, 5) is 0. The number of hydrogen-bond donors (Lipinski definition) is 0. The fraction of sp³-hybridized carbons (Fsp3) is 0.500. The molecule has 1 aromatic heterocycles. The number of hydrogen-bond acceptors (Lipinski definition) is 0. The van der Waals surface area contributed by atoms with Gasteiger partial charge in [0.15, 0.2) is 0 Å². The Kier molecular flexibility index (Phi) is 1.43. The van der Waals surface area contributed by atoms with Crippen LogP contribution in [0.2, 0.25) is 0 Å². The Balaban J connectivity index is 2.28. The van der Waals surface area contributed by atoms with E-state index in [-0.39, 0.29) is 0 Å². The van der Waals surface area contributed by atoms with E-state index < -0.39 is 0 Å². The largest absolute Gasteiger partial charge is 0.348 e. The summed E-state index contributed by atoms with van der Waals surface area (Å²) in [6.07, 6.45) is 9.77. The average molecular weight is 173 g/mol. The van der Waals surface area contributed by atoms with Gasteiger partial charge in [0.1, 0.15) is 0 Å². The van der Waals surface area contributed by atoms with Gasteiger partial charge < -0.3 is 4.57 Å². The molecule has 0 amide bonds. The lowest BCUT2D eigenvalue weighted by Crippen LogP contribution is -2.02. The monoisotopic (exact) mass is 173 g/mol. The van der Waals surface area contributed by atoms with Crippen molar-refractivity contribution in [3.63, 3.8) is 0 Å². The molecule has 1 nitrogen and oxygen atoms in total. The van der Waals surface area contributed by atoms with Crippen molar-refractivity contribution in [1.82, 2.24) is 4.57 Å². The number of rotatable bonds is 0. The van der Waals surface area contributed by atoms with Crippen molar-refractivity contribution in [3.8, 4) is 0 Å². The van der Waals surface area contributed by atoms with Gasteiger partial charge in [-0.25, -0.2) is 0 Å². The lowest BCUT2D eigenvalue weighted by atomic mass is 10.0. The van der Waals surface area contributed by atoms with Crippen LogP contribution in [0.1, 0.15) is 35.4 Å². The molecule has 68 valence electrons. The fourth-order valence-corrected chi connectivity index (χ4v) is 2.79. The molecule has 0 N–H and O–H groups in total. The third-order valence-electron chi connectivity index (χ3n) is 3.43. The molecule has 1 aliphatic heterocycles. The maximum atomic E-state index is 2.56. The van der Waals surface area contributed by atoms with Crippen molar-refractivity contribution < 1.29 is 0 Å². The fourth-order valence-electron chi connectivity index (χ4n) is 2.79. The molecular formula is C12H15N. The Morgan fingerprint density at radius 1 is 1.23 bits per heavy atom. The second kappa shape index (κ2) is 2.50. The van der Waals surface area contributed by atoms with Crippen molar-refractivity contribution in [2.45, 2.75) is 39.2 Å². The summed E-state index contributed by atoms with van der Waals surface area (Å²) in [5.74, 6) is 0. The molecular weight excluding hydrogens is 158 g/mol. The third-order valence-corrected chi connectivity index (χ3v) is 3.43. The van der Waals surface area contributed by atoms with E-state index in [1.807, 2.05) is 0 Å². The van der Waals surface area contributed by atoms with E-state index in [2.05, 4.69) is 23.6 Å². The zero-order chi connectivity index (χ0) is 8.84. The van der Waals surface area contributed by atoms with Crippen molar-refractivity contribution in [2.24, 2.45) is 0 Å². The Morgan fingerprint density at radius 2 is 2.15 bits per heavy atom. The first-order chi connectivity index (χ1) is 6.38. The van der Waals surface area contributed by atoms with Gasteiger partial charge in [-0.15, -0.1) is 0 Å². The second-order valence-corrected chi connectivity index (χ2v) is 4.13. The highest BCUT2D eigenvalue weighted by molar-refractivity contribution is 5.61. The van der Waals surface area contributed by atoms with E-state index >= 15 is 0 Å². The molecule has 0 saturated carbocycles. The normalized spacial score (nSPS) is 18.8. The molecule has 1 heteroatoms.